The SMILES string of the molecule is CCCN1C[C@@H](CNC(=O)NCc2ccc3occc3c2)CC1=O. The highest BCUT2D eigenvalue weighted by atomic mass is 16.3. The molecular weight excluding hydrogens is 306 g/mol. The molecule has 3 amide bonds. The van der Waals surface area contributed by atoms with Crippen LogP contribution in [0.15, 0.2) is 34.9 Å². The topological polar surface area (TPSA) is 74.6 Å². The predicted molar refractivity (Wildman–Crippen MR) is 91.4 cm³/mol. The van der Waals surface area contributed by atoms with Crippen LogP contribution in [-0.2, 0) is 11.3 Å². The van der Waals surface area contributed by atoms with E-state index in [-0.39, 0.29) is 17.9 Å². The van der Waals surface area contributed by atoms with Gasteiger partial charge in [0.2, 0.25) is 5.91 Å². The van der Waals surface area contributed by atoms with Gasteiger partial charge in [0.25, 0.3) is 0 Å². The lowest BCUT2D eigenvalue weighted by Gasteiger charge is -2.15. The van der Waals surface area contributed by atoms with Crippen molar-refractivity contribution in [1.29, 1.82) is 0 Å². The summed E-state index contributed by atoms with van der Waals surface area (Å²) < 4.78 is 5.30. The van der Waals surface area contributed by atoms with Gasteiger partial charge < -0.3 is 20.0 Å². The second-order valence-corrected chi connectivity index (χ2v) is 6.27. The highest BCUT2D eigenvalue weighted by Gasteiger charge is 2.28. The molecule has 1 aliphatic rings. The van der Waals surface area contributed by atoms with E-state index in [4.69, 9.17) is 4.42 Å². The van der Waals surface area contributed by atoms with Crippen molar-refractivity contribution in [3.8, 4) is 0 Å². The number of benzene rings is 1. The standard InChI is InChI=1S/C18H23N3O3/c1-2-6-21-12-14(9-17(21)22)11-20-18(23)19-10-13-3-4-16-15(8-13)5-7-24-16/h3-5,7-8,14H,2,6,9-12H2,1H3,(H2,19,20,23)/t14-/m1/s1. The summed E-state index contributed by atoms with van der Waals surface area (Å²) in [5.74, 6) is 0.398. The minimum absolute atomic E-state index is 0.192. The number of fused-ring (bicyclic) bond motifs is 1. The van der Waals surface area contributed by atoms with Gasteiger partial charge in [0.15, 0.2) is 0 Å². The van der Waals surface area contributed by atoms with Crippen molar-refractivity contribution in [2.45, 2.75) is 26.3 Å². The van der Waals surface area contributed by atoms with Gasteiger partial charge in [-0.1, -0.05) is 13.0 Å². The molecule has 24 heavy (non-hydrogen) atoms. The van der Waals surface area contributed by atoms with E-state index in [9.17, 15) is 9.59 Å². The average molecular weight is 329 g/mol. The van der Waals surface area contributed by atoms with Crippen molar-refractivity contribution in [3.05, 3.63) is 36.1 Å². The Labute approximate surface area is 141 Å². The molecule has 1 fully saturated rings. The van der Waals surface area contributed by atoms with Crippen LogP contribution in [0.3, 0.4) is 0 Å². The Morgan fingerprint density at radius 1 is 1.33 bits per heavy atom. The van der Waals surface area contributed by atoms with Crippen molar-refractivity contribution in [1.82, 2.24) is 15.5 Å². The molecule has 1 saturated heterocycles. The van der Waals surface area contributed by atoms with Crippen LogP contribution in [0.4, 0.5) is 4.79 Å². The van der Waals surface area contributed by atoms with Gasteiger partial charge in [-0.3, -0.25) is 4.79 Å². The summed E-state index contributed by atoms with van der Waals surface area (Å²) in [7, 11) is 0. The molecule has 1 aromatic carbocycles. The van der Waals surface area contributed by atoms with Crippen molar-refractivity contribution < 1.29 is 14.0 Å². The maximum Gasteiger partial charge on any atom is 0.315 e. The molecule has 2 heterocycles. The molecular formula is C18H23N3O3. The smallest absolute Gasteiger partial charge is 0.315 e. The molecule has 3 rings (SSSR count). The van der Waals surface area contributed by atoms with E-state index < -0.39 is 0 Å². The molecule has 0 bridgehead atoms. The first-order valence-corrected chi connectivity index (χ1v) is 8.41. The number of nitrogens with one attached hydrogen (secondary N) is 2. The predicted octanol–water partition coefficient (Wildman–Crippen LogP) is 2.49. The Morgan fingerprint density at radius 2 is 2.21 bits per heavy atom. The van der Waals surface area contributed by atoms with Gasteiger partial charge in [0.05, 0.1) is 6.26 Å². The van der Waals surface area contributed by atoms with Crippen LogP contribution in [0.2, 0.25) is 0 Å². The fourth-order valence-corrected chi connectivity index (χ4v) is 3.08. The van der Waals surface area contributed by atoms with E-state index >= 15 is 0 Å². The second-order valence-electron chi connectivity index (χ2n) is 6.27. The van der Waals surface area contributed by atoms with Gasteiger partial charge in [0.1, 0.15) is 5.58 Å². The van der Waals surface area contributed by atoms with Gasteiger partial charge in [-0.2, -0.15) is 0 Å². The molecule has 1 aromatic heterocycles. The molecule has 2 aromatic rings. The number of hydrogen-bond acceptors (Lipinski definition) is 3. The van der Waals surface area contributed by atoms with Gasteiger partial charge in [-0.25, -0.2) is 4.79 Å². The Morgan fingerprint density at radius 3 is 3.04 bits per heavy atom. The summed E-state index contributed by atoms with van der Waals surface area (Å²) in [6.45, 7) is 4.59. The number of carbonyl (C=O) groups is 2. The first-order valence-electron chi connectivity index (χ1n) is 8.41. The zero-order valence-corrected chi connectivity index (χ0v) is 13.9. The monoisotopic (exact) mass is 329 g/mol. The molecule has 2 N–H and O–H groups in total. The van der Waals surface area contributed by atoms with Gasteiger partial charge in [-0.05, 0) is 30.2 Å². The van der Waals surface area contributed by atoms with Crippen LogP contribution >= 0.6 is 0 Å². The van der Waals surface area contributed by atoms with Gasteiger partial charge in [0, 0.05) is 43.9 Å². The van der Waals surface area contributed by atoms with Crippen LogP contribution in [-0.4, -0.2) is 36.5 Å². The minimum atomic E-state index is -0.205. The lowest BCUT2D eigenvalue weighted by molar-refractivity contribution is -0.127. The molecule has 0 unspecified atom stereocenters. The van der Waals surface area contributed by atoms with E-state index in [1.54, 1.807) is 6.26 Å². The third kappa shape index (κ3) is 3.88. The minimum Gasteiger partial charge on any atom is -0.464 e. The molecule has 1 atom stereocenters. The molecule has 1 aliphatic heterocycles. The zero-order valence-electron chi connectivity index (χ0n) is 13.9. The maximum absolute atomic E-state index is 11.9. The average Bonchev–Trinajstić information content (AvgIpc) is 3.17. The maximum atomic E-state index is 11.9. The van der Waals surface area contributed by atoms with E-state index in [1.807, 2.05) is 29.2 Å². The lowest BCUT2D eigenvalue weighted by atomic mass is 10.1. The third-order valence-corrected chi connectivity index (χ3v) is 4.31. The van der Waals surface area contributed by atoms with E-state index in [2.05, 4.69) is 17.6 Å². The second kappa shape index (κ2) is 7.38. The molecule has 0 aliphatic carbocycles. The van der Waals surface area contributed by atoms with Crippen LogP contribution in [0.25, 0.3) is 11.0 Å². The number of hydrogen-bond donors (Lipinski definition) is 2. The van der Waals surface area contributed by atoms with Crippen molar-refractivity contribution in [2.24, 2.45) is 5.92 Å². The molecule has 6 nitrogen and oxygen atoms in total. The molecule has 128 valence electrons. The summed E-state index contributed by atoms with van der Waals surface area (Å²) in [5, 5.41) is 6.73. The highest BCUT2D eigenvalue weighted by molar-refractivity contribution is 5.79. The summed E-state index contributed by atoms with van der Waals surface area (Å²) in [6, 6.07) is 7.53. The van der Waals surface area contributed by atoms with E-state index in [0.29, 0.717) is 19.5 Å². The zero-order chi connectivity index (χ0) is 16.9. The first kappa shape index (κ1) is 16.4. The van der Waals surface area contributed by atoms with Crippen molar-refractivity contribution in [3.63, 3.8) is 0 Å². The van der Waals surface area contributed by atoms with Crippen molar-refractivity contribution in [2.75, 3.05) is 19.6 Å². The fraction of sp³-hybridized carbons (Fsp3) is 0.444. The molecule has 6 heteroatoms. The summed E-state index contributed by atoms with van der Waals surface area (Å²) in [6.07, 6.45) is 3.14. The highest BCUT2D eigenvalue weighted by Crippen LogP contribution is 2.18. The molecule has 0 saturated carbocycles. The van der Waals surface area contributed by atoms with Crippen LogP contribution < -0.4 is 10.6 Å². The number of nitrogens with zero attached hydrogens (tertiary/aromatic N) is 1. The van der Waals surface area contributed by atoms with Crippen LogP contribution in [0.5, 0.6) is 0 Å². The van der Waals surface area contributed by atoms with Gasteiger partial charge in [-0.15, -0.1) is 0 Å². The van der Waals surface area contributed by atoms with E-state index in [1.165, 1.54) is 0 Å². The molecule has 0 radical (unpaired) electrons. The number of likely N-dealkylation sites (tertiary alicyclic amines) is 1. The largest absolute Gasteiger partial charge is 0.464 e. The Hall–Kier alpha value is -2.50. The number of rotatable bonds is 6. The quantitative estimate of drug-likeness (QED) is 0.855. The summed E-state index contributed by atoms with van der Waals surface area (Å²) >= 11 is 0. The number of furan rings is 1. The summed E-state index contributed by atoms with van der Waals surface area (Å²) in [4.78, 5) is 25.6. The lowest BCUT2D eigenvalue weighted by Crippen LogP contribution is -2.38. The fourth-order valence-electron chi connectivity index (χ4n) is 3.08. The number of amides is 3. The third-order valence-electron chi connectivity index (χ3n) is 4.31. The number of urea groups is 1. The number of carbonyl (C=O) groups excluding carboxylic acids is 2. The van der Waals surface area contributed by atoms with Crippen LogP contribution in [0, 0.1) is 5.92 Å². The van der Waals surface area contributed by atoms with Crippen LogP contribution in [0.1, 0.15) is 25.3 Å². The normalized spacial score (nSPS) is 17.5. The Bertz CT molecular complexity index is 725. The Kier molecular flexibility index (Phi) is 5.03. The van der Waals surface area contributed by atoms with E-state index in [0.717, 1.165) is 36.0 Å². The van der Waals surface area contributed by atoms with Crippen molar-refractivity contribution >= 4 is 22.9 Å². The molecule has 0 spiro atoms. The summed E-state index contributed by atoms with van der Waals surface area (Å²) in [5.41, 5.74) is 1.86. The first-order chi connectivity index (χ1) is 11.7. The Balaban J connectivity index is 1.42. The van der Waals surface area contributed by atoms with Gasteiger partial charge >= 0.3 is 6.03 Å².